The van der Waals surface area contributed by atoms with Gasteiger partial charge in [-0.2, -0.15) is 0 Å². The second-order valence-corrected chi connectivity index (χ2v) is 6.99. The van der Waals surface area contributed by atoms with Gasteiger partial charge in [0.25, 0.3) is 0 Å². The first-order chi connectivity index (χ1) is 11.9. The average Bonchev–Trinajstić information content (AvgIpc) is 2.94. The normalized spacial score (nSPS) is 17.0. The fourth-order valence-electron chi connectivity index (χ4n) is 3.03. The number of amides is 2. The second-order valence-electron chi connectivity index (χ2n) is 6.58. The van der Waals surface area contributed by atoms with Crippen molar-refractivity contribution in [2.45, 2.75) is 26.8 Å². The molecular formula is C20H21ClN2O2. The molecule has 130 valence electrons. The van der Waals surface area contributed by atoms with Gasteiger partial charge < -0.3 is 10.2 Å². The Balaban J connectivity index is 1.65. The molecule has 5 heteroatoms. The summed E-state index contributed by atoms with van der Waals surface area (Å²) in [7, 11) is 0. The molecule has 1 saturated heterocycles. The van der Waals surface area contributed by atoms with Crippen molar-refractivity contribution in [2.75, 3.05) is 11.9 Å². The number of nitrogens with one attached hydrogen (secondary N) is 1. The van der Waals surface area contributed by atoms with Gasteiger partial charge in [0.2, 0.25) is 11.8 Å². The van der Waals surface area contributed by atoms with Crippen molar-refractivity contribution in [2.24, 2.45) is 5.92 Å². The van der Waals surface area contributed by atoms with Crippen LogP contribution in [0, 0.1) is 19.8 Å². The summed E-state index contributed by atoms with van der Waals surface area (Å²) < 4.78 is 0. The van der Waals surface area contributed by atoms with Gasteiger partial charge in [-0.15, -0.1) is 0 Å². The van der Waals surface area contributed by atoms with Gasteiger partial charge in [0.15, 0.2) is 0 Å². The standard InChI is InChI=1S/C20H21ClN2O2/c1-13-6-8-15(9-7-13)11-23-12-16(10-18(23)24)20(25)22-19-14(2)4-3-5-17(19)21/h3-9,16H,10-12H2,1-2H3,(H,22,25)/t16-/m1/s1. The minimum absolute atomic E-state index is 0.0107. The van der Waals surface area contributed by atoms with Crippen LogP contribution in [0.2, 0.25) is 5.02 Å². The van der Waals surface area contributed by atoms with Crippen LogP contribution in [0.3, 0.4) is 0 Å². The number of aryl methyl sites for hydroxylation is 2. The summed E-state index contributed by atoms with van der Waals surface area (Å²) in [5.74, 6) is -0.499. The van der Waals surface area contributed by atoms with Gasteiger partial charge in [0.1, 0.15) is 0 Å². The van der Waals surface area contributed by atoms with E-state index in [1.54, 1.807) is 11.0 Å². The minimum Gasteiger partial charge on any atom is -0.338 e. The van der Waals surface area contributed by atoms with Gasteiger partial charge in [0.05, 0.1) is 16.6 Å². The quantitative estimate of drug-likeness (QED) is 0.901. The Morgan fingerprint density at radius 2 is 1.92 bits per heavy atom. The molecule has 1 aliphatic rings. The first kappa shape index (κ1) is 17.5. The van der Waals surface area contributed by atoms with Gasteiger partial charge in [-0.3, -0.25) is 9.59 Å². The molecule has 0 unspecified atom stereocenters. The molecule has 1 aliphatic heterocycles. The first-order valence-electron chi connectivity index (χ1n) is 8.33. The zero-order valence-corrected chi connectivity index (χ0v) is 15.1. The molecule has 2 aromatic carbocycles. The Bertz CT molecular complexity index is 782. The van der Waals surface area contributed by atoms with E-state index in [1.807, 2.05) is 50.2 Å². The lowest BCUT2D eigenvalue weighted by atomic mass is 10.1. The largest absolute Gasteiger partial charge is 0.338 e. The maximum Gasteiger partial charge on any atom is 0.229 e. The van der Waals surface area contributed by atoms with E-state index in [-0.39, 0.29) is 24.2 Å². The lowest BCUT2D eigenvalue weighted by molar-refractivity contribution is -0.128. The molecule has 1 atom stereocenters. The summed E-state index contributed by atoms with van der Waals surface area (Å²) in [4.78, 5) is 26.6. The molecule has 25 heavy (non-hydrogen) atoms. The topological polar surface area (TPSA) is 49.4 Å². The van der Waals surface area contributed by atoms with E-state index in [2.05, 4.69) is 5.32 Å². The number of halogens is 1. The third kappa shape index (κ3) is 4.02. The maximum absolute atomic E-state index is 12.6. The Morgan fingerprint density at radius 1 is 1.20 bits per heavy atom. The number of hydrogen-bond donors (Lipinski definition) is 1. The predicted octanol–water partition coefficient (Wildman–Crippen LogP) is 3.94. The molecule has 0 saturated carbocycles. The molecule has 0 radical (unpaired) electrons. The summed E-state index contributed by atoms with van der Waals surface area (Å²) in [6.07, 6.45) is 0.237. The van der Waals surface area contributed by atoms with Crippen molar-refractivity contribution in [3.8, 4) is 0 Å². The Labute approximate surface area is 152 Å². The molecule has 3 rings (SSSR count). The number of anilines is 1. The van der Waals surface area contributed by atoms with Crippen molar-refractivity contribution in [1.82, 2.24) is 4.90 Å². The molecule has 0 spiro atoms. The fourth-order valence-corrected chi connectivity index (χ4v) is 3.30. The first-order valence-corrected chi connectivity index (χ1v) is 8.71. The van der Waals surface area contributed by atoms with Gasteiger partial charge in [-0.1, -0.05) is 53.6 Å². The second kappa shape index (κ2) is 7.28. The summed E-state index contributed by atoms with van der Waals surface area (Å²) >= 11 is 6.17. The van der Waals surface area contributed by atoms with Crippen LogP contribution < -0.4 is 5.32 Å². The number of para-hydroxylation sites is 1. The van der Waals surface area contributed by atoms with Crippen molar-refractivity contribution < 1.29 is 9.59 Å². The zero-order chi connectivity index (χ0) is 18.0. The lowest BCUT2D eigenvalue weighted by Gasteiger charge is -2.17. The van der Waals surface area contributed by atoms with E-state index in [9.17, 15) is 9.59 Å². The Kier molecular flexibility index (Phi) is 5.09. The third-order valence-electron chi connectivity index (χ3n) is 4.55. The summed E-state index contributed by atoms with van der Waals surface area (Å²) in [5, 5.41) is 3.39. The highest BCUT2D eigenvalue weighted by Crippen LogP contribution is 2.27. The van der Waals surface area contributed by atoms with Crippen LogP contribution in [0.4, 0.5) is 5.69 Å². The number of hydrogen-bond acceptors (Lipinski definition) is 2. The summed E-state index contributed by atoms with van der Waals surface area (Å²) in [6, 6.07) is 13.6. The van der Waals surface area contributed by atoms with E-state index < -0.39 is 0 Å². The lowest BCUT2D eigenvalue weighted by Crippen LogP contribution is -2.28. The smallest absolute Gasteiger partial charge is 0.229 e. The van der Waals surface area contributed by atoms with Crippen LogP contribution in [0.1, 0.15) is 23.1 Å². The van der Waals surface area contributed by atoms with E-state index >= 15 is 0 Å². The SMILES string of the molecule is Cc1ccc(CN2C[C@H](C(=O)Nc3c(C)cccc3Cl)CC2=O)cc1. The van der Waals surface area contributed by atoms with E-state index in [4.69, 9.17) is 11.6 Å². The molecule has 0 aromatic heterocycles. The predicted molar refractivity (Wildman–Crippen MR) is 99.5 cm³/mol. The average molecular weight is 357 g/mol. The molecule has 1 N–H and O–H groups in total. The highest BCUT2D eigenvalue weighted by atomic mass is 35.5. The monoisotopic (exact) mass is 356 g/mol. The molecule has 2 aromatic rings. The molecular weight excluding hydrogens is 336 g/mol. The highest BCUT2D eigenvalue weighted by molar-refractivity contribution is 6.34. The van der Waals surface area contributed by atoms with Crippen LogP contribution in [0.15, 0.2) is 42.5 Å². The van der Waals surface area contributed by atoms with Crippen LogP contribution in [0.25, 0.3) is 0 Å². The number of carbonyl (C=O) groups is 2. The van der Waals surface area contributed by atoms with Crippen molar-refractivity contribution in [3.63, 3.8) is 0 Å². The fraction of sp³-hybridized carbons (Fsp3) is 0.300. The molecule has 1 heterocycles. The number of carbonyl (C=O) groups excluding carboxylic acids is 2. The zero-order valence-electron chi connectivity index (χ0n) is 14.4. The van der Waals surface area contributed by atoms with Gasteiger partial charge in [-0.05, 0) is 31.0 Å². The number of rotatable bonds is 4. The van der Waals surface area contributed by atoms with Crippen LogP contribution >= 0.6 is 11.6 Å². The van der Waals surface area contributed by atoms with E-state index in [0.29, 0.717) is 23.8 Å². The van der Waals surface area contributed by atoms with Crippen LogP contribution in [-0.2, 0) is 16.1 Å². The van der Waals surface area contributed by atoms with Crippen molar-refractivity contribution in [3.05, 3.63) is 64.2 Å². The summed E-state index contributed by atoms with van der Waals surface area (Å²) in [6.45, 7) is 4.89. The molecule has 0 bridgehead atoms. The van der Waals surface area contributed by atoms with Gasteiger partial charge in [0, 0.05) is 19.5 Å². The van der Waals surface area contributed by atoms with Crippen LogP contribution in [-0.4, -0.2) is 23.3 Å². The molecule has 2 amide bonds. The molecule has 0 aliphatic carbocycles. The number of likely N-dealkylation sites (tertiary alicyclic amines) is 1. The highest BCUT2D eigenvalue weighted by Gasteiger charge is 2.34. The van der Waals surface area contributed by atoms with Crippen molar-refractivity contribution in [1.29, 1.82) is 0 Å². The molecule has 4 nitrogen and oxygen atoms in total. The third-order valence-corrected chi connectivity index (χ3v) is 4.86. The van der Waals surface area contributed by atoms with Gasteiger partial charge >= 0.3 is 0 Å². The number of benzene rings is 2. The number of nitrogens with zero attached hydrogens (tertiary/aromatic N) is 1. The maximum atomic E-state index is 12.6. The minimum atomic E-state index is -0.353. The van der Waals surface area contributed by atoms with E-state index in [0.717, 1.165) is 11.1 Å². The van der Waals surface area contributed by atoms with Gasteiger partial charge in [-0.25, -0.2) is 0 Å². The Morgan fingerprint density at radius 3 is 2.60 bits per heavy atom. The summed E-state index contributed by atoms with van der Waals surface area (Å²) in [5.41, 5.74) is 3.78. The van der Waals surface area contributed by atoms with Crippen LogP contribution in [0.5, 0.6) is 0 Å². The van der Waals surface area contributed by atoms with E-state index in [1.165, 1.54) is 5.56 Å². The Hall–Kier alpha value is -2.33. The van der Waals surface area contributed by atoms with Crippen molar-refractivity contribution >= 4 is 29.1 Å². The molecule has 1 fully saturated rings.